The van der Waals surface area contributed by atoms with Crippen LogP contribution in [0.2, 0.25) is 0 Å². The van der Waals surface area contributed by atoms with E-state index in [4.69, 9.17) is 0 Å². The summed E-state index contributed by atoms with van der Waals surface area (Å²) in [6.07, 6.45) is 0. The number of hydrogen-bond acceptors (Lipinski definition) is 4. The van der Waals surface area contributed by atoms with Crippen LogP contribution in [0.1, 0.15) is 12.5 Å². The number of benzene rings is 2. The third kappa shape index (κ3) is 4.60. The lowest BCUT2D eigenvalue weighted by Gasteiger charge is -2.37. The van der Waals surface area contributed by atoms with Gasteiger partial charge in [-0.05, 0) is 24.6 Å². The van der Waals surface area contributed by atoms with Crippen LogP contribution in [0.4, 0.5) is 0 Å². The smallest absolute Gasteiger partial charge is 0.243 e. The third-order valence-electron chi connectivity index (χ3n) is 5.20. The van der Waals surface area contributed by atoms with E-state index < -0.39 is 10.0 Å². The lowest BCUT2D eigenvalue weighted by atomic mass is 10.2. The maximum absolute atomic E-state index is 12.8. The molecule has 0 spiro atoms. The Kier molecular flexibility index (Phi) is 6.49. The van der Waals surface area contributed by atoms with Crippen LogP contribution in [0.3, 0.4) is 0 Å². The second kappa shape index (κ2) is 8.86. The minimum Gasteiger partial charge on any atom is -0.340 e. The SMILES string of the molecule is C[C@@H](C(=O)N(C)Cc1ccccc1)N1CCN(S(=O)(=O)c2ccccc2)CC1. The fraction of sp³-hybridized carbons (Fsp3) is 0.381. The molecule has 0 saturated carbocycles. The first-order valence-corrected chi connectivity index (χ1v) is 10.9. The van der Waals surface area contributed by atoms with Crippen LogP contribution < -0.4 is 0 Å². The van der Waals surface area contributed by atoms with Gasteiger partial charge in [-0.15, -0.1) is 0 Å². The lowest BCUT2D eigenvalue weighted by molar-refractivity contribution is -0.136. The summed E-state index contributed by atoms with van der Waals surface area (Å²) in [6.45, 7) is 4.31. The van der Waals surface area contributed by atoms with Gasteiger partial charge in [-0.2, -0.15) is 4.31 Å². The molecular formula is C21H27N3O3S. The molecule has 1 fully saturated rings. The molecule has 0 unspecified atom stereocenters. The zero-order valence-corrected chi connectivity index (χ0v) is 17.2. The van der Waals surface area contributed by atoms with Gasteiger partial charge >= 0.3 is 0 Å². The molecule has 2 aromatic carbocycles. The molecule has 1 saturated heterocycles. The van der Waals surface area contributed by atoms with Crippen LogP contribution in [0.25, 0.3) is 0 Å². The standard InChI is InChI=1S/C21H27N3O3S/c1-18(21(25)22(2)17-19-9-5-3-6-10-19)23-13-15-24(16-14-23)28(26,27)20-11-7-4-8-12-20/h3-12,18H,13-17H2,1-2H3/t18-/m0/s1. The molecule has 1 atom stereocenters. The van der Waals surface area contributed by atoms with E-state index in [9.17, 15) is 13.2 Å². The molecule has 28 heavy (non-hydrogen) atoms. The Balaban J connectivity index is 1.57. The average molecular weight is 402 g/mol. The highest BCUT2D eigenvalue weighted by molar-refractivity contribution is 7.89. The maximum atomic E-state index is 12.8. The molecular weight excluding hydrogens is 374 g/mol. The third-order valence-corrected chi connectivity index (χ3v) is 7.11. The Morgan fingerprint density at radius 2 is 1.50 bits per heavy atom. The summed E-state index contributed by atoms with van der Waals surface area (Å²) < 4.78 is 27.0. The second-order valence-electron chi connectivity index (χ2n) is 7.11. The summed E-state index contributed by atoms with van der Waals surface area (Å²) in [5, 5.41) is 0. The van der Waals surface area contributed by atoms with Crippen LogP contribution >= 0.6 is 0 Å². The van der Waals surface area contributed by atoms with E-state index in [0.29, 0.717) is 37.6 Å². The van der Waals surface area contributed by atoms with Crippen LogP contribution in [0.15, 0.2) is 65.6 Å². The van der Waals surface area contributed by atoms with Gasteiger partial charge in [0.1, 0.15) is 0 Å². The molecule has 1 aliphatic heterocycles. The molecule has 1 amide bonds. The van der Waals surface area contributed by atoms with E-state index in [0.717, 1.165) is 5.56 Å². The van der Waals surface area contributed by atoms with Crippen molar-refractivity contribution in [2.45, 2.75) is 24.4 Å². The quantitative estimate of drug-likeness (QED) is 0.743. The molecule has 0 N–H and O–H groups in total. The second-order valence-corrected chi connectivity index (χ2v) is 9.05. The van der Waals surface area contributed by atoms with Gasteiger partial charge in [0.15, 0.2) is 0 Å². The first-order valence-electron chi connectivity index (χ1n) is 9.48. The summed E-state index contributed by atoms with van der Waals surface area (Å²) >= 11 is 0. The number of likely N-dealkylation sites (N-methyl/N-ethyl adjacent to an activating group) is 1. The first kappa shape index (κ1) is 20.5. The highest BCUT2D eigenvalue weighted by Crippen LogP contribution is 2.18. The van der Waals surface area contributed by atoms with Crippen molar-refractivity contribution < 1.29 is 13.2 Å². The molecule has 1 heterocycles. The summed E-state index contributed by atoms with van der Waals surface area (Å²) in [5.41, 5.74) is 1.09. The van der Waals surface area contributed by atoms with Crippen molar-refractivity contribution in [2.75, 3.05) is 33.2 Å². The van der Waals surface area contributed by atoms with Gasteiger partial charge < -0.3 is 4.90 Å². The summed E-state index contributed by atoms with van der Waals surface area (Å²) in [6, 6.07) is 18.1. The van der Waals surface area contributed by atoms with E-state index in [-0.39, 0.29) is 11.9 Å². The van der Waals surface area contributed by atoms with Crippen molar-refractivity contribution in [1.82, 2.24) is 14.1 Å². The predicted octanol–water partition coefficient (Wildman–Crippen LogP) is 2.04. The van der Waals surface area contributed by atoms with Gasteiger partial charge in [0.25, 0.3) is 0 Å². The van der Waals surface area contributed by atoms with E-state index in [1.54, 1.807) is 35.2 Å². The fourth-order valence-corrected chi connectivity index (χ4v) is 4.93. The Bertz CT molecular complexity index is 880. The number of nitrogens with zero attached hydrogens (tertiary/aromatic N) is 3. The van der Waals surface area contributed by atoms with Gasteiger partial charge in [-0.3, -0.25) is 9.69 Å². The zero-order valence-electron chi connectivity index (χ0n) is 16.4. The number of piperazine rings is 1. The Hall–Kier alpha value is -2.22. The Morgan fingerprint density at radius 3 is 2.07 bits per heavy atom. The van der Waals surface area contributed by atoms with E-state index >= 15 is 0 Å². The minimum atomic E-state index is -3.48. The molecule has 6 nitrogen and oxygen atoms in total. The lowest BCUT2D eigenvalue weighted by Crippen LogP contribution is -2.54. The van der Waals surface area contributed by atoms with Crippen molar-refractivity contribution in [3.05, 3.63) is 66.2 Å². The van der Waals surface area contributed by atoms with Gasteiger partial charge in [-0.25, -0.2) is 8.42 Å². The number of amides is 1. The van der Waals surface area contributed by atoms with Gasteiger partial charge in [0.2, 0.25) is 15.9 Å². The van der Waals surface area contributed by atoms with Crippen molar-refractivity contribution in [2.24, 2.45) is 0 Å². The predicted molar refractivity (Wildman–Crippen MR) is 109 cm³/mol. The van der Waals surface area contributed by atoms with Crippen LogP contribution in [0, 0.1) is 0 Å². The average Bonchev–Trinajstić information content (AvgIpc) is 2.74. The molecule has 150 valence electrons. The Morgan fingerprint density at radius 1 is 0.964 bits per heavy atom. The molecule has 0 aliphatic carbocycles. The Labute approximate surface area is 167 Å². The summed E-state index contributed by atoms with van der Waals surface area (Å²) in [5.74, 6) is 0.0446. The van der Waals surface area contributed by atoms with Gasteiger partial charge in [0, 0.05) is 39.8 Å². The molecule has 1 aliphatic rings. The fourth-order valence-electron chi connectivity index (χ4n) is 3.48. The number of sulfonamides is 1. The normalized spacial score (nSPS) is 17.2. The van der Waals surface area contributed by atoms with Crippen LogP contribution in [0.5, 0.6) is 0 Å². The molecule has 3 rings (SSSR count). The van der Waals surface area contributed by atoms with Crippen molar-refractivity contribution in [3.8, 4) is 0 Å². The minimum absolute atomic E-state index is 0.0446. The van der Waals surface area contributed by atoms with Crippen molar-refractivity contribution >= 4 is 15.9 Å². The summed E-state index contributed by atoms with van der Waals surface area (Å²) in [7, 11) is -1.67. The van der Waals surface area contributed by atoms with E-state index in [2.05, 4.69) is 4.90 Å². The van der Waals surface area contributed by atoms with Crippen molar-refractivity contribution in [3.63, 3.8) is 0 Å². The van der Waals surface area contributed by atoms with Gasteiger partial charge in [0.05, 0.1) is 10.9 Å². The maximum Gasteiger partial charge on any atom is 0.243 e. The number of carbonyl (C=O) groups is 1. The molecule has 2 aromatic rings. The summed E-state index contributed by atoms with van der Waals surface area (Å²) in [4.78, 5) is 16.9. The number of hydrogen-bond donors (Lipinski definition) is 0. The van der Waals surface area contributed by atoms with E-state index in [1.165, 1.54) is 4.31 Å². The highest BCUT2D eigenvalue weighted by atomic mass is 32.2. The largest absolute Gasteiger partial charge is 0.340 e. The molecule has 7 heteroatoms. The topological polar surface area (TPSA) is 60.9 Å². The van der Waals surface area contributed by atoms with Gasteiger partial charge in [-0.1, -0.05) is 48.5 Å². The highest BCUT2D eigenvalue weighted by Gasteiger charge is 2.32. The number of rotatable bonds is 6. The molecule has 0 aromatic heterocycles. The van der Waals surface area contributed by atoms with E-state index in [1.807, 2.05) is 44.3 Å². The first-order chi connectivity index (χ1) is 13.4. The molecule has 0 bridgehead atoms. The number of carbonyl (C=O) groups excluding carboxylic acids is 1. The molecule has 0 radical (unpaired) electrons. The van der Waals surface area contributed by atoms with Crippen molar-refractivity contribution in [1.29, 1.82) is 0 Å². The van der Waals surface area contributed by atoms with Crippen LogP contribution in [-0.4, -0.2) is 67.7 Å². The monoisotopic (exact) mass is 401 g/mol. The zero-order chi connectivity index (χ0) is 20.1. The van der Waals surface area contributed by atoms with Crippen LogP contribution in [-0.2, 0) is 21.4 Å².